The van der Waals surface area contributed by atoms with Gasteiger partial charge in [-0.2, -0.15) is 5.26 Å². The molecule has 112 valence electrons. The van der Waals surface area contributed by atoms with Gasteiger partial charge in [0.15, 0.2) is 0 Å². The summed E-state index contributed by atoms with van der Waals surface area (Å²) in [5.74, 6) is -0.402. The Morgan fingerprint density at radius 1 is 1.52 bits per heavy atom. The van der Waals surface area contributed by atoms with Crippen molar-refractivity contribution >= 4 is 11.6 Å². The van der Waals surface area contributed by atoms with Gasteiger partial charge in [0, 0.05) is 17.3 Å². The first-order valence-electron chi connectivity index (χ1n) is 7.30. The van der Waals surface area contributed by atoms with Gasteiger partial charge in [-0.25, -0.2) is 0 Å². The molecule has 1 atom stereocenters. The van der Waals surface area contributed by atoms with E-state index in [9.17, 15) is 9.90 Å². The number of hydrogen-bond donors (Lipinski definition) is 2. The molecule has 1 aromatic carbocycles. The molecular formula is C16H21N3O2. The summed E-state index contributed by atoms with van der Waals surface area (Å²) in [6.07, 6.45) is 3.60. The molecule has 1 saturated carbocycles. The van der Waals surface area contributed by atoms with Crippen molar-refractivity contribution in [1.82, 2.24) is 0 Å². The second kappa shape index (κ2) is 6.59. The molecular weight excluding hydrogens is 266 g/mol. The number of hydrogen-bond acceptors (Lipinski definition) is 4. The lowest BCUT2D eigenvalue weighted by molar-refractivity contribution is -0.116. The van der Waals surface area contributed by atoms with Crippen molar-refractivity contribution in [2.75, 3.05) is 11.4 Å². The Labute approximate surface area is 125 Å². The molecule has 0 saturated heterocycles. The largest absolute Gasteiger partial charge is 0.389 e. The van der Waals surface area contributed by atoms with E-state index >= 15 is 0 Å². The van der Waals surface area contributed by atoms with Crippen molar-refractivity contribution in [3.05, 3.63) is 29.3 Å². The number of nitriles is 1. The summed E-state index contributed by atoms with van der Waals surface area (Å²) in [5, 5.41) is 19.1. The van der Waals surface area contributed by atoms with Crippen LogP contribution in [0.2, 0.25) is 0 Å². The van der Waals surface area contributed by atoms with E-state index in [1.807, 2.05) is 4.90 Å². The topological polar surface area (TPSA) is 90.3 Å². The van der Waals surface area contributed by atoms with E-state index in [4.69, 9.17) is 11.0 Å². The molecule has 5 heteroatoms. The number of amides is 1. The van der Waals surface area contributed by atoms with Gasteiger partial charge in [0.2, 0.25) is 5.91 Å². The van der Waals surface area contributed by atoms with Crippen LogP contribution < -0.4 is 10.6 Å². The summed E-state index contributed by atoms with van der Waals surface area (Å²) in [6.45, 7) is 1.79. The molecule has 0 radical (unpaired) electrons. The summed E-state index contributed by atoms with van der Waals surface area (Å²) in [5.41, 5.74) is 7.37. The minimum Gasteiger partial charge on any atom is -0.389 e. The maximum Gasteiger partial charge on any atom is 0.236 e. The average molecular weight is 287 g/mol. The molecule has 1 amide bonds. The van der Waals surface area contributed by atoms with E-state index in [-0.39, 0.29) is 12.6 Å². The molecule has 1 fully saturated rings. The van der Waals surface area contributed by atoms with E-state index in [1.54, 1.807) is 25.1 Å². The lowest BCUT2D eigenvalue weighted by Gasteiger charge is -2.32. The van der Waals surface area contributed by atoms with Crippen molar-refractivity contribution < 1.29 is 9.90 Å². The lowest BCUT2D eigenvalue weighted by atomic mass is 10.0. The highest BCUT2D eigenvalue weighted by Crippen LogP contribution is 2.33. The summed E-state index contributed by atoms with van der Waals surface area (Å²) in [6, 6.07) is 7.52. The molecule has 1 aliphatic carbocycles. The highest BCUT2D eigenvalue weighted by Gasteiger charge is 2.26. The third kappa shape index (κ3) is 3.53. The van der Waals surface area contributed by atoms with Gasteiger partial charge in [-0.3, -0.25) is 4.79 Å². The highest BCUT2D eigenvalue weighted by atomic mass is 16.3. The molecule has 1 aromatic rings. The van der Waals surface area contributed by atoms with Crippen LogP contribution >= 0.6 is 0 Å². The second-order valence-electron chi connectivity index (χ2n) is 5.59. The van der Waals surface area contributed by atoms with Crippen molar-refractivity contribution in [2.45, 2.75) is 44.8 Å². The van der Waals surface area contributed by atoms with Crippen molar-refractivity contribution in [1.29, 1.82) is 5.26 Å². The van der Waals surface area contributed by atoms with Crippen molar-refractivity contribution in [2.24, 2.45) is 5.73 Å². The van der Waals surface area contributed by atoms with Crippen LogP contribution in [0.3, 0.4) is 0 Å². The third-order valence-corrected chi connectivity index (χ3v) is 4.01. The number of nitrogens with two attached hydrogens (primary N) is 1. The number of nitrogens with zero attached hydrogens (tertiary/aromatic N) is 2. The molecule has 0 unspecified atom stereocenters. The number of primary amides is 1. The predicted molar refractivity (Wildman–Crippen MR) is 80.6 cm³/mol. The van der Waals surface area contributed by atoms with Crippen LogP contribution in [0.15, 0.2) is 18.2 Å². The Kier molecular flexibility index (Phi) is 4.81. The van der Waals surface area contributed by atoms with E-state index in [0.29, 0.717) is 5.56 Å². The first-order chi connectivity index (χ1) is 10.0. The van der Waals surface area contributed by atoms with E-state index < -0.39 is 12.0 Å². The zero-order valence-electron chi connectivity index (χ0n) is 12.2. The molecule has 3 N–H and O–H groups in total. The minimum absolute atomic E-state index is 0.110. The van der Waals surface area contributed by atoms with Gasteiger partial charge in [-0.05, 0) is 31.9 Å². The third-order valence-electron chi connectivity index (χ3n) is 4.01. The van der Waals surface area contributed by atoms with Crippen molar-refractivity contribution in [3.63, 3.8) is 0 Å². The van der Waals surface area contributed by atoms with Gasteiger partial charge in [-0.15, -0.1) is 0 Å². The zero-order valence-corrected chi connectivity index (χ0v) is 12.2. The fraction of sp³-hybridized carbons (Fsp3) is 0.500. The van der Waals surface area contributed by atoms with Crippen molar-refractivity contribution in [3.8, 4) is 6.07 Å². The first-order valence-corrected chi connectivity index (χ1v) is 7.30. The molecule has 21 heavy (non-hydrogen) atoms. The Bertz CT molecular complexity index is 557. The zero-order chi connectivity index (χ0) is 15.4. The standard InChI is InChI=1S/C16H21N3O2/c1-11(20)14-7-6-12(9-17)8-15(14)19(10-16(18)21)13-4-2-3-5-13/h6-8,11,13,20H,2-5,10H2,1H3,(H2,18,21)/t11-/m0/s1. The fourth-order valence-corrected chi connectivity index (χ4v) is 3.01. The van der Waals surface area contributed by atoms with E-state index in [1.165, 1.54) is 0 Å². The minimum atomic E-state index is -0.662. The van der Waals surface area contributed by atoms with Gasteiger partial charge in [-0.1, -0.05) is 18.9 Å². The normalized spacial score (nSPS) is 16.4. The molecule has 0 spiro atoms. The van der Waals surface area contributed by atoms with Crippen LogP contribution in [0.1, 0.15) is 49.8 Å². The van der Waals surface area contributed by atoms with Crippen LogP contribution in [-0.2, 0) is 4.79 Å². The highest BCUT2D eigenvalue weighted by molar-refractivity contribution is 5.80. The summed E-state index contributed by atoms with van der Waals surface area (Å²) < 4.78 is 0. The maximum atomic E-state index is 11.4. The number of carbonyl (C=O) groups excluding carboxylic acids is 1. The first kappa shape index (κ1) is 15.3. The Balaban J connectivity index is 2.46. The summed E-state index contributed by atoms with van der Waals surface area (Å²) in [4.78, 5) is 13.4. The number of rotatable bonds is 5. The number of aliphatic hydroxyl groups excluding tert-OH is 1. The van der Waals surface area contributed by atoms with Crippen LogP contribution in [0.5, 0.6) is 0 Å². The number of benzene rings is 1. The number of anilines is 1. The smallest absolute Gasteiger partial charge is 0.236 e. The Hall–Kier alpha value is -2.06. The molecule has 0 bridgehead atoms. The number of aliphatic hydroxyl groups is 1. The van der Waals surface area contributed by atoms with Gasteiger partial charge in [0.25, 0.3) is 0 Å². The molecule has 0 heterocycles. The fourth-order valence-electron chi connectivity index (χ4n) is 3.01. The van der Waals surface area contributed by atoms with E-state index in [2.05, 4.69) is 6.07 Å². The number of carbonyl (C=O) groups is 1. The van der Waals surface area contributed by atoms with Crippen LogP contribution in [-0.4, -0.2) is 23.6 Å². The molecule has 0 aliphatic heterocycles. The summed E-state index contributed by atoms with van der Waals surface area (Å²) >= 11 is 0. The SMILES string of the molecule is C[C@H](O)c1ccc(C#N)cc1N(CC(N)=O)C1CCCC1. The second-order valence-corrected chi connectivity index (χ2v) is 5.59. The van der Waals surface area contributed by atoms with Crippen LogP contribution in [0.25, 0.3) is 0 Å². The monoisotopic (exact) mass is 287 g/mol. The van der Waals surface area contributed by atoms with Gasteiger partial charge >= 0.3 is 0 Å². The quantitative estimate of drug-likeness (QED) is 0.864. The van der Waals surface area contributed by atoms with Gasteiger partial charge < -0.3 is 15.7 Å². The van der Waals surface area contributed by atoms with E-state index in [0.717, 1.165) is 36.9 Å². The van der Waals surface area contributed by atoms with Crippen LogP contribution in [0.4, 0.5) is 5.69 Å². The maximum absolute atomic E-state index is 11.4. The average Bonchev–Trinajstić information content (AvgIpc) is 2.97. The Morgan fingerprint density at radius 2 is 2.19 bits per heavy atom. The Morgan fingerprint density at radius 3 is 2.71 bits per heavy atom. The van der Waals surface area contributed by atoms with Gasteiger partial charge in [0.1, 0.15) is 0 Å². The van der Waals surface area contributed by atoms with Crippen LogP contribution in [0, 0.1) is 11.3 Å². The molecule has 1 aliphatic rings. The molecule has 0 aromatic heterocycles. The van der Waals surface area contributed by atoms with Gasteiger partial charge in [0.05, 0.1) is 24.3 Å². The summed E-state index contributed by atoms with van der Waals surface area (Å²) in [7, 11) is 0. The molecule has 5 nitrogen and oxygen atoms in total. The molecule has 2 rings (SSSR count). The predicted octanol–water partition coefficient (Wildman–Crippen LogP) is 1.85. The lowest BCUT2D eigenvalue weighted by Crippen LogP contribution is -2.40.